The molecule has 0 radical (unpaired) electrons. The van der Waals surface area contributed by atoms with Gasteiger partial charge in [-0.1, -0.05) is 11.6 Å². The maximum absolute atomic E-state index is 12.3. The molecule has 1 amide bonds. The number of carbonyl (C=O) groups excluding carboxylic acids is 1. The van der Waals surface area contributed by atoms with E-state index in [1.807, 2.05) is 26.0 Å². The molecule has 0 aliphatic rings. The van der Waals surface area contributed by atoms with Crippen molar-refractivity contribution in [3.63, 3.8) is 0 Å². The van der Waals surface area contributed by atoms with Crippen molar-refractivity contribution in [2.24, 2.45) is 0 Å². The number of hydrogen-bond donors (Lipinski definition) is 1. The van der Waals surface area contributed by atoms with Gasteiger partial charge in [0, 0.05) is 10.6 Å². The number of ether oxygens (including phenoxy) is 2. The van der Waals surface area contributed by atoms with Crippen LogP contribution < -0.4 is 14.8 Å². The zero-order valence-electron chi connectivity index (χ0n) is 15.7. The van der Waals surface area contributed by atoms with Crippen molar-refractivity contribution in [2.75, 3.05) is 11.9 Å². The predicted molar refractivity (Wildman–Crippen MR) is 106 cm³/mol. The van der Waals surface area contributed by atoms with Crippen molar-refractivity contribution in [2.45, 2.75) is 26.9 Å². The van der Waals surface area contributed by atoms with Gasteiger partial charge in [-0.3, -0.25) is 10.1 Å². The number of nitrogens with zero attached hydrogens (tertiary/aromatic N) is 2. The average Bonchev–Trinajstić information content (AvgIpc) is 3.14. The lowest BCUT2D eigenvalue weighted by Gasteiger charge is -2.14. The summed E-state index contributed by atoms with van der Waals surface area (Å²) in [5.74, 6) is 1.26. The van der Waals surface area contributed by atoms with E-state index in [0.29, 0.717) is 23.3 Å². The second-order valence-corrected chi connectivity index (χ2v) is 6.45. The van der Waals surface area contributed by atoms with Crippen LogP contribution in [0, 0.1) is 6.92 Å². The molecule has 7 nitrogen and oxygen atoms in total. The van der Waals surface area contributed by atoms with Crippen LogP contribution in [0.25, 0.3) is 11.5 Å². The highest BCUT2D eigenvalue weighted by molar-refractivity contribution is 6.31. The smallest absolute Gasteiger partial charge is 0.270 e. The normalized spacial score (nSPS) is 11.7. The Morgan fingerprint density at radius 1 is 1.21 bits per heavy atom. The number of aromatic nitrogens is 2. The van der Waals surface area contributed by atoms with E-state index in [1.165, 1.54) is 0 Å². The molecule has 146 valence electrons. The SMILES string of the molecule is CCOc1ccc(-c2nc(NC(=O)[C@H](C)Oc3ccc(Cl)c(C)c3)no2)cc1. The summed E-state index contributed by atoms with van der Waals surface area (Å²) in [6.07, 6.45) is -0.756. The topological polar surface area (TPSA) is 86.5 Å². The van der Waals surface area contributed by atoms with Crippen LogP contribution in [0.4, 0.5) is 5.95 Å². The molecule has 3 aromatic rings. The number of amides is 1. The van der Waals surface area contributed by atoms with Gasteiger partial charge in [-0.2, -0.15) is 4.98 Å². The van der Waals surface area contributed by atoms with Gasteiger partial charge in [0.05, 0.1) is 6.61 Å². The van der Waals surface area contributed by atoms with E-state index >= 15 is 0 Å². The van der Waals surface area contributed by atoms with Crippen LogP contribution >= 0.6 is 11.6 Å². The Morgan fingerprint density at radius 2 is 1.93 bits per heavy atom. The van der Waals surface area contributed by atoms with Crippen LogP contribution in [0.15, 0.2) is 47.0 Å². The number of carbonyl (C=O) groups is 1. The first-order valence-electron chi connectivity index (χ1n) is 8.77. The molecule has 0 aliphatic heterocycles. The van der Waals surface area contributed by atoms with E-state index < -0.39 is 12.0 Å². The molecule has 2 aromatic carbocycles. The minimum atomic E-state index is -0.756. The maximum atomic E-state index is 12.3. The van der Waals surface area contributed by atoms with Gasteiger partial charge >= 0.3 is 0 Å². The summed E-state index contributed by atoms with van der Waals surface area (Å²) >= 11 is 6.00. The van der Waals surface area contributed by atoms with Crippen LogP contribution in [0.5, 0.6) is 11.5 Å². The highest BCUT2D eigenvalue weighted by Gasteiger charge is 2.18. The molecule has 1 heterocycles. The highest BCUT2D eigenvalue weighted by Crippen LogP contribution is 2.23. The van der Waals surface area contributed by atoms with Gasteiger partial charge in [-0.15, -0.1) is 0 Å². The molecule has 0 bridgehead atoms. The lowest BCUT2D eigenvalue weighted by molar-refractivity contribution is -0.122. The number of nitrogens with one attached hydrogen (secondary N) is 1. The first-order chi connectivity index (χ1) is 13.5. The van der Waals surface area contributed by atoms with E-state index in [4.69, 9.17) is 25.6 Å². The van der Waals surface area contributed by atoms with Crippen molar-refractivity contribution in [1.82, 2.24) is 10.1 Å². The van der Waals surface area contributed by atoms with E-state index in [9.17, 15) is 4.79 Å². The molecular formula is C20H20ClN3O4. The monoisotopic (exact) mass is 401 g/mol. The summed E-state index contributed by atoms with van der Waals surface area (Å²) in [4.78, 5) is 16.5. The zero-order chi connectivity index (χ0) is 20.1. The minimum Gasteiger partial charge on any atom is -0.494 e. The first-order valence-corrected chi connectivity index (χ1v) is 9.14. The Kier molecular flexibility index (Phi) is 6.16. The van der Waals surface area contributed by atoms with Crippen molar-refractivity contribution in [3.05, 3.63) is 53.1 Å². The first kappa shape index (κ1) is 19.7. The van der Waals surface area contributed by atoms with E-state index in [-0.39, 0.29) is 5.95 Å². The number of benzene rings is 2. The lowest BCUT2D eigenvalue weighted by atomic mass is 10.2. The number of aryl methyl sites for hydroxylation is 1. The molecule has 8 heteroatoms. The van der Waals surface area contributed by atoms with Crippen LogP contribution in [0.1, 0.15) is 19.4 Å². The third-order valence-electron chi connectivity index (χ3n) is 3.88. The van der Waals surface area contributed by atoms with Crippen molar-refractivity contribution >= 4 is 23.5 Å². The van der Waals surface area contributed by atoms with Crippen LogP contribution in [0.2, 0.25) is 5.02 Å². The Labute approximate surface area is 167 Å². The third kappa shape index (κ3) is 4.80. The number of rotatable bonds is 7. The molecule has 0 saturated carbocycles. The fourth-order valence-corrected chi connectivity index (χ4v) is 2.53. The summed E-state index contributed by atoms with van der Waals surface area (Å²) in [5, 5.41) is 7.00. The molecule has 28 heavy (non-hydrogen) atoms. The van der Waals surface area contributed by atoms with E-state index in [1.54, 1.807) is 37.3 Å². The quantitative estimate of drug-likeness (QED) is 0.627. The molecule has 3 rings (SSSR count). The lowest BCUT2D eigenvalue weighted by Crippen LogP contribution is -2.30. The van der Waals surface area contributed by atoms with Crippen molar-refractivity contribution < 1.29 is 18.8 Å². The Balaban J connectivity index is 1.61. The number of anilines is 1. The Hall–Kier alpha value is -3.06. The summed E-state index contributed by atoms with van der Waals surface area (Å²) in [7, 11) is 0. The summed E-state index contributed by atoms with van der Waals surface area (Å²) in [6, 6.07) is 12.4. The maximum Gasteiger partial charge on any atom is 0.270 e. The summed E-state index contributed by atoms with van der Waals surface area (Å²) < 4.78 is 16.2. The fourth-order valence-electron chi connectivity index (χ4n) is 2.41. The van der Waals surface area contributed by atoms with Crippen molar-refractivity contribution in [1.29, 1.82) is 0 Å². The van der Waals surface area contributed by atoms with Gasteiger partial charge in [-0.05, 0) is 74.0 Å². The molecule has 0 saturated heterocycles. The standard InChI is InChI=1S/C20H20ClN3O4/c1-4-26-15-7-5-14(6-8-15)19-23-20(24-28-19)22-18(25)13(3)27-16-9-10-17(21)12(2)11-16/h5-11,13H,4H2,1-3H3,(H,22,24,25)/t13-/m0/s1. The molecule has 1 N–H and O–H groups in total. The second kappa shape index (κ2) is 8.75. The van der Waals surface area contributed by atoms with Gasteiger partial charge in [0.1, 0.15) is 11.5 Å². The number of hydrogen-bond acceptors (Lipinski definition) is 6. The summed E-state index contributed by atoms with van der Waals surface area (Å²) in [6.45, 7) is 6.00. The van der Waals surface area contributed by atoms with Gasteiger partial charge in [-0.25, -0.2) is 0 Å². The molecular weight excluding hydrogens is 382 g/mol. The van der Waals surface area contributed by atoms with Crippen molar-refractivity contribution in [3.8, 4) is 23.0 Å². The van der Waals surface area contributed by atoms with Gasteiger partial charge in [0.25, 0.3) is 17.7 Å². The van der Waals surface area contributed by atoms with Crippen LogP contribution in [-0.4, -0.2) is 28.8 Å². The zero-order valence-corrected chi connectivity index (χ0v) is 16.5. The predicted octanol–water partition coefficient (Wildman–Crippen LogP) is 4.50. The average molecular weight is 402 g/mol. The molecule has 1 atom stereocenters. The van der Waals surface area contributed by atoms with E-state index in [2.05, 4.69) is 15.5 Å². The Morgan fingerprint density at radius 3 is 2.61 bits per heavy atom. The molecule has 0 unspecified atom stereocenters. The Bertz CT molecular complexity index is 956. The number of halogens is 1. The largest absolute Gasteiger partial charge is 0.494 e. The van der Waals surface area contributed by atoms with Gasteiger partial charge in [0.2, 0.25) is 0 Å². The van der Waals surface area contributed by atoms with Gasteiger partial charge in [0.15, 0.2) is 6.10 Å². The molecule has 0 fully saturated rings. The van der Waals surface area contributed by atoms with Crippen LogP contribution in [-0.2, 0) is 4.79 Å². The molecule has 1 aromatic heterocycles. The third-order valence-corrected chi connectivity index (χ3v) is 4.31. The van der Waals surface area contributed by atoms with Crippen LogP contribution in [0.3, 0.4) is 0 Å². The minimum absolute atomic E-state index is 0.0663. The molecule has 0 spiro atoms. The highest BCUT2D eigenvalue weighted by atomic mass is 35.5. The fraction of sp³-hybridized carbons (Fsp3) is 0.250. The van der Waals surface area contributed by atoms with Gasteiger partial charge < -0.3 is 14.0 Å². The second-order valence-electron chi connectivity index (χ2n) is 6.04. The van der Waals surface area contributed by atoms with E-state index in [0.717, 1.165) is 16.9 Å². The summed E-state index contributed by atoms with van der Waals surface area (Å²) in [5.41, 5.74) is 1.59. The molecule has 0 aliphatic carbocycles.